The Morgan fingerprint density at radius 1 is 1.08 bits per heavy atom. The molecule has 0 aliphatic rings. The predicted octanol–water partition coefficient (Wildman–Crippen LogP) is 4.59. The standard InChI is InChI=1S/C20H22N2OS/c1-15-8-10-17(11-9-15)14-24-20-21-12-19(13-23)22(20)16(2)18-6-4-3-5-7-18/h3-12,16,23H,13-14H2,1-2H3. The molecule has 3 nitrogen and oxygen atoms in total. The normalized spacial score (nSPS) is 12.3. The van der Waals surface area contributed by atoms with E-state index in [1.807, 2.05) is 18.2 Å². The highest BCUT2D eigenvalue weighted by atomic mass is 32.2. The zero-order valence-corrected chi connectivity index (χ0v) is 14.8. The lowest BCUT2D eigenvalue weighted by Gasteiger charge is -2.19. The van der Waals surface area contributed by atoms with Crippen molar-refractivity contribution in [3.05, 3.63) is 83.2 Å². The molecule has 1 atom stereocenters. The summed E-state index contributed by atoms with van der Waals surface area (Å²) in [6.07, 6.45) is 1.77. The van der Waals surface area contributed by atoms with E-state index in [9.17, 15) is 5.11 Å². The second kappa shape index (κ2) is 7.69. The average molecular weight is 338 g/mol. The van der Waals surface area contributed by atoms with Gasteiger partial charge in [0.05, 0.1) is 24.5 Å². The van der Waals surface area contributed by atoms with Crippen LogP contribution in [-0.4, -0.2) is 14.7 Å². The van der Waals surface area contributed by atoms with E-state index in [-0.39, 0.29) is 12.6 Å². The molecule has 1 heterocycles. The van der Waals surface area contributed by atoms with Crippen LogP contribution in [0.2, 0.25) is 0 Å². The van der Waals surface area contributed by atoms with Crippen LogP contribution < -0.4 is 0 Å². The first-order valence-corrected chi connectivity index (χ1v) is 9.08. The molecule has 0 fully saturated rings. The molecule has 1 aromatic heterocycles. The van der Waals surface area contributed by atoms with Crippen LogP contribution in [0.1, 0.15) is 35.3 Å². The molecular formula is C20H22N2OS. The number of hydrogen-bond acceptors (Lipinski definition) is 3. The van der Waals surface area contributed by atoms with Crippen molar-refractivity contribution in [2.45, 2.75) is 37.4 Å². The zero-order chi connectivity index (χ0) is 16.9. The van der Waals surface area contributed by atoms with Crippen molar-refractivity contribution in [2.24, 2.45) is 0 Å². The minimum Gasteiger partial charge on any atom is -0.390 e. The Morgan fingerprint density at radius 2 is 1.79 bits per heavy atom. The van der Waals surface area contributed by atoms with Gasteiger partial charge >= 0.3 is 0 Å². The van der Waals surface area contributed by atoms with Crippen molar-refractivity contribution < 1.29 is 5.11 Å². The molecule has 0 aliphatic carbocycles. The quantitative estimate of drug-likeness (QED) is 0.668. The SMILES string of the molecule is Cc1ccc(CSc2ncc(CO)n2C(C)c2ccccc2)cc1. The molecular weight excluding hydrogens is 316 g/mol. The molecule has 2 aromatic carbocycles. The number of aliphatic hydroxyl groups excluding tert-OH is 1. The summed E-state index contributed by atoms with van der Waals surface area (Å²) >= 11 is 1.71. The smallest absolute Gasteiger partial charge is 0.169 e. The third-order valence-corrected chi connectivity index (χ3v) is 5.20. The summed E-state index contributed by atoms with van der Waals surface area (Å²) in [5.74, 6) is 0.865. The highest BCUT2D eigenvalue weighted by Gasteiger charge is 2.17. The number of thioether (sulfide) groups is 1. The molecule has 0 saturated heterocycles. The zero-order valence-electron chi connectivity index (χ0n) is 14.0. The molecule has 4 heteroatoms. The molecule has 124 valence electrons. The maximum atomic E-state index is 9.67. The lowest BCUT2D eigenvalue weighted by atomic mass is 10.1. The number of nitrogens with zero attached hydrogens (tertiary/aromatic N) is 2. The summed E-state index contributed by atoms with van der Waals surface area (Å²) in [5.41, 5.74) is 4.60. The molecule has 0 aliphatic heterocycles. The highest BCUT2D eigenvalue weighted by molar-refractivity contribution is 7.98. The van der Waals surface area contributed by atoms with Gasteiger partial charge in [0, 0.05) is 5.75 Å². The van der Waals surface area contributed by atoms with Crippen LogP contribution in [0, 0.1) is 6.92 Å². The summed E-state index contributed by atoms with van der Waals surface area (Å²) < 4.78 is 2.13. The molecule has 0 spiro atoms. The van der Waals surface area contributed by atoms with Crippen LogP contribution in [0.15, 0.2) is 66.0 Å². The Morgan fingerprint density at radius 3 is 2.46 bits per heavy atom. The Balaban J connectivity index is 1.83. The van der Waals surface area contributed by atoms with Crippen molar-refractivity contribution in [1.29, 1.82) is 0 Å². The van der Waals surface area contributed by atoms with E-state index in [0.29, 0.717) is 0 Å². The first-order chi connectivity index (χ1) is 11.7. The fraction of sp³-hybridized carbons (Fsp3) is 0.250. The van der Waals surface area contributed by atoms with Crippen LogP contribution in [0.3, 0.4) is 0 Å². The summed E-state index contributed by atoms with van der Waals surface area (Å²) in [5, 5.41) is 10.6. The Kier molecular flexibility index (Phi) is 5.38. The van der Waals surface area contributed by atoms with E-state index in [0.717, 1.165) is 16.6 Å². The first kappa shape index (κ1) is 16.8. The van der Waals surface area contributed by atoms with E-state index in [4.69, 9.17) is 0 Å². The second-order valence-corrected chi connectivity index (χ2v) is 6.86. The van der Waals surface area contributed by atoms with Gasteiger partial charge in [-0.1, -0.05) is 71.9 Å². The van der Waals surface area contributed by atoms with Gasteiger partial charge in [-0.25, -0.2) is 4.98 Å². The van der Waals surface area contributed by atoms with Gasteiger partial charge < -0.3 is 9.67 Å². The van der Waals surface area contributed by atoms with Crippen molar-refractivity contribution in [3.8, 4) is 0 Å². The van der Waals surface area contributed by atoms with Gasteiger partial charge in [-0.3, -0.25) is 0 Å². The van der Waals surface area contributed by atoms with Gasteiger partial charge in [0.2, 0.25) is 0 Å². The molecule has 1 unspecified atom stereocenters. The van der Waals surface area contributed by atoms with Crippen LogP contribution >= 0.6 is 11.8 Å². The van der Waals surface area contributed by atoms with Crippen LogP contribution in [0.4, 0.5) is 0 Å². The van der Waals surface area contributed by atoms with Gasteiger partial charge in [0.25, 0.3) is 0 Å². The molecule has 3 rings (SSSR count). The van der Waals surface area contributed by atoms with E-state index in [1.54, 1.807) is 18.0 Å². The maximum absolute atomic E-state index is 9.67. The van der Waals surface area contributed by atoms with Gasteiger partial charge in [0.15, 0.2) is 5.16 Å². The van der Waals surface area contributed by atoms with Crippen LogP contribution in [0.5, 0.6) is 0 Å². The topological polar surface area (TPSA) is 38.1 Å². The first-order valence-electron chi connectivity index (χ1n) is 8.09. The summed E-state index contributed by atoms with van der Waals surface area (Å²) in [7, 11) is 0. The van der Waals surface area contributed by atoms with E-state index >= 15 is 0 Å². The molecule has 0 bridgehead atoms. The Labute approximate surface area is 147 Å². The molecule has 24 heavy (non-hydrogen) atoms. The van der Waals surface area contributed by atoms with Crippen molar-refractivity contribution in [2.75, 3.05) is 0 Å². The molecule has 3 aromatic rings. The van der Waals surface area contributed by atoms with Gasteiger partial charge in [-0.15, -0.1) is 0 Å². The fourth-order valence-electron chi connectivity index (χ4n) is 2.73. The minimum absolute atomic E-state index is 0.00470. The predicted molar refractivity (Wildman–Crippen MR) is 99.1 cm³/mol. The fourth-order valence-corrected chi connectivity index (χ4v) is 3.76. The number of benzene rings is 2. The number of aromatic nitrogens is 2. The summed E-state index contributed by atoms with van der Waals surface area (Å²) in [6.45, 7) is 4.24. The number of aliphatic hydroxyl groups is 1. The average Bonchev–Trinajstić information content (AvgIpc) is 3.04. The summed E-state index contributed by atoms with van der Waals surface area (Å²) in [4.78, 5) is 4.53. The van der Waals surface area contributed by atoms with Crippen molar-refractivity contribution in [3.63, 3.8) is 0 Å². The number of imidazole rings is 1. The third-order valence-electron chi connectivity index (χ3n) is 4.16. The molecule has 1 N–H and O–H groups in total. The number of aryl methyl sites for hydroxylation is 1. The number of hydrogen-bond donors (Lipinski definition) is 1. The lowest BCUT2D eigenvalue weighted by Crippen LogP contribution is -2.11. The molecule has 0 saturated carbocycles. The third kappa shape index (κ3) is 3.71. The Bertz CT molecular complexity index is 781. The van der Waals surface area contributed by atoms with E-state index in [1.165, 1.54) is 16.7 Å². The lowest BCUT2D eigenvalue weighted by molar-refractivity contribution is 0.267. The molecule has 0 radical (unpaired) electrons. The van der Waals surface area contributed by atoms with Gasteiger partial charge in [0.1, 0.15) is 0 Å². The highest BCUT2D eigenvalue weighted by Crippen LogP contribution is 2.29. The van der Waals surface area contributed by atoms with Crippen molar-refractivity contribution in [1.82, 2.24) is 9.55 Å². The van der Waals surface area contributed by atoms with E-state index < -0.39 is 0 Å². The van der Waals surface area contributed by atoms with Crippen LogP contribution in [-0.2, 0) is 12.4 Å². The van der Waals surface area contributed by atoms with Gasteiger partial charge in [-0.05, 0) is 25.0 Å². The van der Waals surface area contributed by atoms with E-state index in [2.05, 4.69) is 59.8 Å². The van der Waals surface area contributed by atoms with Crippen molar-refractivity contribution >= 4 is 11.8 Å². The number of rotatable bonds is 6. The summed E-state index contributed by atoms with van der Waals surface area (Å²) in [6, 6.07) is 19.0. The largest absolute Gasteiger partial charge is 0.390 e. The van der Waals surface area contributed by atoms with Gasteiger partial charge in [-0.2, -0.15) is 0 Å². The Hall–Kier alpha value is -2.04. The maximum Gasteiger partial charge on any atom is 0.169 e. The molecule has 0 amide bonds. The minimum atomic E-state index is -0.00470. The monoisotopic (exact) mass is 338 g/mol. The van der Waals surface area contributed by atoms with Crippen LogP contribution in [0.25, 0.3) is 0 Å². The second-order valence-electron chi connectivity index (χ2n) is 5.92.